The molecule has 96 valence electrons. The topological polar surface area (TPSA) is 52.7 Å². The van der Waals surface area contributed by atoms with Gasteiger partial charge in [0.25, 0.3) is 0 Å². The molecule has 1 N–H and O–H groups in total. The molecule has 2 saturated heterocycles. The summed E-state index contributed by atoms with van der Waals surface area (Å²) in [5.41, 5.74) is 0. The Morgan fingerprint density at radius 3 is 2.82 bits per heavy atom. The summed E-state index contributed by atoms with van der Waals surface area (Å²) in [6, 6.07) is 0.0185. The zero-order valence-corrected chi connectivity index (χ0v) is 11.1. The summed E-state index contributed by atoms with van der Waals surface area (Å²) in [4.78, 5) is 27.3. The SMILES string of the molecule is CC(=O)N1CSC[C@@H]1C(=O)N(C)[C@H]1CCNC1. The number of hydrogen-bond donors (Lipinski definition) is 1. The number of carbonyl (C=O) groups is 2. The molecule has 0 unspecified atom stereocenters. The second-order valence-electron chi connectivity index (χ2n) is 4.60. The van der Waals surface area contributed by atoms with Crippen molar-refractivity contribution in [2.75, 3.05) is 31.8 Å². The van der Waals surface area contributed by atoms with Gasteiger partial charge in [0.2, 0.25) is 11.8 Å². The molecule has 2 rings (SSSR count). The highest BCUT2D eigenvalue weighted by Crippen LogP contribution is 2.23. The molecule has 2 atom stereocenters. The molecule has 2 amide bonds. The van der Waals surface area contributed by atoms with Crippen LogP contribution in [0.25, 0.3) is 0 Å². The molecule has 0 aromatic carbocycles. The number of nitrogens with zero attached hydrogens (tertiary/aromatic N) is 2. The first-order chi connectivity index (χ1) is 8.11. The lowest BCUT2D eigenvalue weighted by Gasteiger charge is -2.30. The van der Waals surface area contributed by atoms with Gasteiger partial charge in [0, 0.05) is 32.3 Å². The quantitative estimate of drug-likeness (QED) is 0.740. The highest BCUT2D eigenvalue weighted by Gasteiger charge is 2.36. The first-order valence-corrected chi connectivity index (χ1v) is 7.09. The Bertz CT molecular complexity index is 318. The minimum atomic E-state index is -0.261. The molecular weight excluding hydrogens is 238 g/mol. The maximum Gasteiger partial charge on any atom is 0.246 e. The Balaban J connectivity index is 2.00. The molecule has 0 aromatic heterocycles. The van der Waals surface area contributed by atoms with Crippen LogP contribution < -0.4 is 5.32 Å². The molecule has 2 aliphatic heterocycles. The molecule has 6 heteroatoms. The Morgan fingerprint density at radius 2 is 2.24 bits per heavy atom. The van der Waals surface area contributed by atoms with E-state index in [9.17, 15) is 9.59 Å². The summed E-state index contributed by atoms with van der Waals surface area (Å²) in [5, 5.41) is 3.25. The van der Waals surface area contributed by atoms with Crippen LogP contribution in [0.1, 0.15) is 13.3 Å². The normalized spacial score (nSPS) is 28.5. The Hall–Kier alpha value is -0.750. The van der Waals surface area contributed by atoms with Gasteiger partial charge >= 0.3 is 0 Å². The van der Waals surface area contributed by atoms with E-state index in [4.69, 9.17) is 0 Å². The zero-order chi connectivity index (χ0) is 12.4. The van der Waals surface area contributed by atoms with E-state index >= 15 is 0 Å². The first-order valence-electron chi connectivity index (χ1n) is 5.93. The lowest BCUT2D eigenvalue weighted by atomic mass is 10.2. The second-order valence-corrected chi connectivity index (χ2v) is 5.60. The summed E-state index contributed by atoms with van der Waals surface area (Å²) in [7, 11) is 1.85. The molecule has 0 radical (unpaired) electrons. The third-order valence-electron chi connectivity index (χ3n) is 3.50. The summed E-state index contributed by atoms with van der Waals surface area (Å²) in [5.74, 6) is 1.44. The fourth-order valence-electron chi connectivity index (χ4n) is 2.34. The molecule has 0 spiro atoms. The monoisotopic (exact) mass is 257 g/mol. The van der Waals surface area contributed by atoms with E-state index in [1.54, 1.807) is 16.7 Å². The Kier molecular flexibility index (Phi) is 3.93. The van der Waals surface area contributed by atoms with Crippen LogP contribution in [0.3, 0.4) is 0 Å². The maximum absolute atomic E-state index is 12.3. The Labute approximate surface area is 106 Å². The fraction of sp³-hybridized carbons (Fsp3) is 0.818. The number of hydrogen-bond acceptors (Lipinski definition) is 4. The van der Waals surface area contributed by atoms with Crippen molar-refractivity contribution in [2.24, 2.45) is 0 Å². The van der Waals surface area contributed by atoms with Crippen molar-refractivity contribution in [3.63, 3.8) is 0 Å². The number of carbonyl (C=O) groups excluding carboxylic acids is 2. The van der Waals surface area contributed by atoms with E-state index < -0.39 is 0 Å². The van der Waals surface area contributed by atoms with Crippen LogP contribution in [0.4, 0.5) is 0 Å². The molecule has 17 heavy (non-hydrogen) atoms. The number of rotatable bonds is 2. The smallest absolute Gasteiger partial charge is 0.246 e. The second kappa shape index (κ2) is 5.27. The molecule has 0 bridgehead atoms. The minimum Gasteiger partial charge on any atom is -0.340 e. The van der Waals surface area contributed by atoms with Crippen LogP contribution in [0.2, 0.25) is 0 Å². The van der Waals surface area contributed by atoms with Crippen molar-refractivity contribution in [3.05, 3.63) is 0 Å². The molecular formula is C11H19N3O2S. The van der Waals surface area contributed by atoms with Crippen molar-refractivity contribution in [2.45, 2.75) is 25.4 Å². The summed E-state index contributed by atoms with van der Waals surface area (Å²) in [6.45, 7) is 3.36. The lowest BCUT2D eigenvalue weighted by molar-refractivity contribution is -0.142. The number of amides is 2. The number of nitrogens with one attached hydrogen (secondary N) is 1. The average Bonchev–Trinajstić information content (AvgIpc) is 2.97. The molecule has 0 aromatic rings. The molecule has 2 heterocycles. The van der Waals surface area contributed by atoms with E-state index in [-0.39, 0.29) is 23.9 Å². The van der Waals surface area contributed by atoms with Crippen LogP contribution in [-0.2, 0) is 9.59 Å². The van der Waals surface area contributed by atoms with E-state index in [0.29, 0.717) is 5.88 Å². The highest BCUT2D eigenvalue weighted by molar-refractivity contribution is 7.99. The van der Waals surface area contributed by atoms with Gasteiger partial charge in [0.1, 0.15) is 6.04 Å². The predicted octanol–water partition coefficient (Wildman–Crippen LogP) is -0.272. The van der Waals surface area contributed by atoms with E-state index in [0.717, 1.165) is 25.3 Å². The highest BCUT2D eigenvalue weighted by atomic mass is 32.2. The third-order valence-corrected chi connectivity index (χ3v) is 4.51. The lowest BCUT2D eigenvalue weighted by Crippen LogP contribution is -2.50. The standard InChI is InChI=1S/C11H19N3O2S/c1-8(15)14-7-17-6-10(14)11(16)13(2)9-3-4-12-5-9/h9-10,12H,3-7H2,1-2H3/t9-,10+/m0/s1. The largest absolute Gasteiger partial charge is 0.340 e. The summed E-state index contributed by atoms with van der Waals surface area (Å²) < 4.78 is 0. The molecule has 0 aliphatic carbocycles. The maximum atomic E-state index is 12.3. The van der Waals surface area contributed by atoms with Crippen LogP contribution in [0.15, 0.2) is 0 Å². The van der Waals surface area contributed by atoms with Crippen molar-refractivity contribution in [1.29, 1.82) is 0 Å². The van der Waals surface area contributed by atoms with Crippen LogP contribution >= 0.6 is 11.8 Å². The van der Waals surface area contributed by atoms with Gasteiger partial charge in [0.15, 0.2) is 0 Å². The number of thioether (sulfide) groups is 1. The van der Waals surface area contributed by atoms with E-state index in [1.165, 1.54) is 6.92 Å². The summed E-state index contributed by atoms with van der Waals surface area (Å²) >= 11 is 1.65. The summed E-state index contributed by atoms with van der Waals surface area (Å²) in [6.07, 6.45) is 1.00. The molecule has 2 fully saturated rings. The third kappa shape index (κ3) is 2.57. The van der Waals surface area contributed by atoms with Crippen molar-refractivity contribution in [1.82, 2.24) is 15.1 Å². The molecule has 0 saturated carbocycles. The molecule has 5 nitrogen and oxygen atoms in total. The molecule has 2 aliphatic rings. The van der Waals surface area contributed by atoms with Gasteiger partial charge in [-0.25, -0.2) is 0 Å². The van der Waals surface area contributed by atoms with E-state index in [1.807, 2.05) is 11.9 Å². The van der Waals surface area contributed by atoms with Gasteiger partial charge in [-0.2, -0.15) is 0 Å². The van der Waals surface area contributed by atoms with E-state index in [2.05, 4.69) is 5.32 Å². The number of likely N-dealkylation sites (N-methyl/N-ethyl adjacent to an activating group) is 1. The van der Waals surface area contributed by atoms with Gasteiger partial charge < -0.3 is 15.1 Å². The van der Waals surface area contributed by atoms with Gasteiger partial charge in [0.05, 0.1) is 5.88 Å². The Morgan fingerprint density at radius 1 is 1.47 bits per heavy atom. The zero-order valence-electron chi connectivity index (χ0n) is 10.3. The van der Waals surface area contributed by atoms with Crippen LogP contribution in [-0.4, -0.2) is 65.5 Å². The van der Waals surface area contributed by atoms with Crippen molar-refractivity contribution < 1.29 is 9.59 Å². The van der Waals surface area contributed by atoms with Gasteiger partial charge in [-0.3, -0.25) is 9.59 Å². The fourth-order valence-corrected chi connectivity index (χ4v) is 3.55. The van der Waals surface area contributed by atoms with Crippen molar-refractivity contribution in [3.8, 4) is 0 Å². The van der Waals surface area contributed by atoms with Crippen LogP contribution in [0, 0.1) is 0 Å². The van der Waals surface area contributed by atoms with Gasteiger partial charge in [-0.05, 0) is 13.0 Å². The average molecular weight is 257 g/mol. The van der Waals surface area contributed by atoms with Gasteiger partial charge in [-0.15, -0.1) is 11.8 Å². The minimum absolute atomic E-state index is 0.00806. The first kappa shape index (κ1) is 12.7. The van der Waals surface area contributed by atoms with Crippen LogP contribution in [0.5, 0.6) is 0 Å². The van der Waals surface area contributed by atoms with Gasteiger partial charge in [-0.1, -0.05) is 0 Å². The van der Waals surface area contributed by atoms with Crippen molar-refractivity contribution >= 4 is 23.6 Å². The predicted molar refractivity (Wildman–Crippen MR) is 67.7 cm³/mol.